The molecule has 1 heterocycles. The molecule has 0 amide bonds. The predicted octanol–water partition coefficient (Wildman–Crippen LogP) is 18.4. The van der Waals surface area contributed by atoms with Crippen LogP contribution in [-0.2, 0) is 0 Å². The smallest absolute Gasteiger partial charge is 0.187 e. The Bertz CT molecular complexity index is 4380. The van der Waals surface area contributed by atoms with Crippen LogP contribution in [0.3, 0.4) is 0 Å². The fourth-order valence-electron chi connectivity index (χ4n) is 11.5. The molecule has 13 aromatic carbocycles. The third-order valence-electron chi connectivity index (χ3n) is 14.3. The largest absolute Gasteiger partial charge is 0.309 e. The van der Waals surface area contributed by atoms with E-state index in [1.807, 2.05) is 18.2 Å². The van der Waals surface area contributed by atoms with Crippen molar-refractivity contribution in [2.45, 2.75) is 0 Å². The average molecular weight is 847 g/mol. The Balaban J connectivity index is 0.978. The molecule has 2 nitrogen and oxygen atoms in total. The van der Waals surface area contributed by atoms with Crippen molar-refractivity contribution in [3.8, 4) is 39.1 Å². The standard InChI is InChI=1S/C65H38N2/c1-66-44-17-15-16-43(36-44)63-54-27-12-10-25-52(54)62(53-26-11-13-28-55(53)63)41-32-30-40(31-33-41)42-34-35-50-57(37-42)48-22-5-6-23-49(48)58-38-60-61(39-59(50)58)67(45-18-3-2-4-19-45)65-56-29-14-8-21-47(56)46-20-7-9-24-51(46)64(60)65/h2-39H. The quantitative estimate of drug-likeness (QED) is 0.0948. The summed E-state index contributed by atoms with van der Waals surface area (Å²) in [5.74, 6) is 0. The SMILES string of the molecule is [C-]#[N+]c1cccc(-c2c3ccccc3c(-c3ccc(-c4ccc5c(c4)c4ccccc4c4cc6c7c8ccccc8c8ccccc8c7n(-c7ccccc7)c6cc54)cc3)c3ccccc23)c1. The molecule has 0 fully saturated rings. The molecule has 0 atom stereocenters. The predicted molar refractivity (Wildman–Crippen MR) is 286 cm³/mol. The minimum absolute atomic E-state index is 0.645. The van der Waals surface area contributed by atoms with E-state index in [9.17, 15) is 0 Å². The zero-order valence-electron chi connectivity index (χ0n) is 36.3. The van der Waals surface area contributed by atoms with Crippen molar-refractivity contribution >= 4 is 103 Å². The molecule has 0 aliphatic rings. The van der Waals surface area contributed by atoms with Crippen LogP contribution in [0.1, 0.15) is 0 Å². The van der Waals surface area contributed by atoms with Crippen molar-refractivity contribution < 1.29 is 0 Å². The van der Waals surface area contributed by atoms with Gasteiger partial charge in [-0.3, -0.25) is 0 Å². The molecule has 14 aromatic rings. The zero-order chi connectivity index (χ0) is 44.2. The molecule has 0 spiro atoms. The van der Waals surface area contributed by atoms with Gasteiger partial charge in [0.05, 0.1) is 17.6 Å². The monoisotopic (exact) mass is 846 g/mol. The van der Waals surface area contributed by atoms with Gasteiger partial charge in [0.15, 0.2) is 5.69 Å². The Morgan fingerprint density at radius 1 is 0.284 bits per heavy atom. The molecule has 308 valence electrons. The lowest BCUT2D eigenvalue weighted by molar-refractivity contribution is 1.19. The van der Waals surface area contributed by atoms with Crippen molar-refractivity contribution in [3.63, 3.8) is 0 Å². The minimum Gasteiger partial charge on any atom is -0.309 e. The summed E-state index contributed by atoms with van der Waals surface area (Å²) in [4.78, 5) is 3.76. The molecule has 0 saturated heterocycles. The lowest BCUT2D eigenvalue weighted by Crippen LogP contribution is -1.94. The highest BCUT2D eigenvalue weighted by Gasteiger charge is 2.22. The first kappa shape index (κ1) is 37.4. The van der Waals surface area contributed by atoms with Gasteiger partial charge in [0.25, 0.3) is 0 Å². The van der Waals surface area contributed by atoms with E-state index in [0.29, 0.717) is 5.69 Å². The van der Waals surface area contributed by atoms with Crippen LogP contribution < -0.4 is 0 Å². The van der Waals surface area contributed by atoms with Crippen LogP contribution in [0.15, 0.2) is 231 Å². The van der Waals surface area contributed by atoms with Gasteiger partial charge in [-0.05, 0) is 140 Å². The van der Waals surface area contributed by atoms with Crippen molar-refractivity contribution in [1.82, 2.24) is 4.57 Å². The number of rotatable bonds is 4. The molecule has 0 saturated carbocycles. The van der Waals surface area contributed by atoms with Crippen LogP contribution in [-0.4, -0.2) is 4.57 Å². The summed E-state index contributed by atoms with van der Waals surface area (Å²) in [5, 5.41) is 19.9. The van der Waals surface area contributed by atoms with E-state index in [2.05, 4.69) is 222 Å². The van der Waals surface area contributed by atoms with Gasteiger partial charge < -0.3 is 4.57 Å². The lowest BCUT2D eigenvalue weighted by Gasteiger charge is -2.18. The summed E-state index contributed by atoms with van der Waals surface area (Å²) in [6, 6.07) is 84.2. The van der Waals surface area contributed by atoms with E-state index in [1.165, 1.54) is 119 Å². The second kappa shape index (κ2) is 14.5. The molecule has 67 heavy (non-hydrogen) atoms. The van der Waals surface area contributed by atoms with Crippen LogP contribution in [0.2, 0.25) is 0 Å². The summed E-state index contributed by atoms with van der Waals surface area (Å²) < 4.78 is 2.50. The highest BCUT2D eigenvalue weighted by Crippen LogP contribution is 2.48. The fraction of sp³-hybridized carbons (Fsp3) is 0. The number of nitrogens with zero attached hydrogens (tertiary/aromatic N) is 2. The highest BCUT2D eigenvalue weighted by atomic mass is 15.0. The minimum atomic E-state index is 0.645. The molecular weight excluding hydrogens is 809 g/mol. The molecule has 0 aliphatic heterocycles. The van der Waals surface area contributed by atoms with Crippen LogP contribution in [0.5, 0.6) is 0 Å². The van der Waals surface area contributed by atoms with Crippen LogP contribution in [0.25, 0.3) is 141 Å². The third-order valence-corrected chi connectivity index (χ3v) is 14.3. The summed E-state index contributed by atoms with van der Waals surface area (Å²) in [5.41, 5.74) is 11.2. The van der Waals surface area contributed by atoms with Gasteiger partial charge in [-0.25, -0.2) is 4.85 Å². The lowest BCUT2D eigenvalue weighted by atomic mass is 9.85. The number of aromatic nitrogens is 1. The summed E-state index contributed by atoms with van der Waals surface area (Å²) >= 11 is 0. The van der Waals surface area contributed by atoms with Crippen LogP contribution in [0, 0.1) is 6.57 Å². The van der Waals surface area contributed by atoms with E-state index < -0.39 is 0 Å². The Labute approximate surface area is 386 Å². The number of benzene rings is 13. The topological polar surface area (TPSA) is 9.29 Å². The maximum atomic E-state index is 7.71. The Morgan fingerprint density at radius 3 is 1.37 bits per heavy atom. The second-order valence-electron chi connectivity index (χ2n) is 17.8. The van der Waals surface area contributed by atoms with Crippen LogP contribution >= 0.6 is 0 Å². The molecule has 0 aliphatic carbocycles. The van der Waals surface area contributed by atoms with E-state index in [1.54, 1.807) is 0 Å². The molecule has 0 radical (unpaired) electrons. The number of hydrogen-bond acceptors (Lipinski definition) is 0. The molecular formula is C65H38N2. The molecule has 0 N–H and O–H groups in total. The highest BCUT2D eigenvalue weighted by molar-refractivity contribution is 6.35. The summed E-state index contributed by atoms with van der Waals surface area (Å²) in [6.07, 6.45) is 0. The molecule has 14 rings (SSSR count). The molecule has 2 heteroatoms. The van der Waals surface area contributed by atoms with Gasteiger partial charge >= 0.3 is 0 Å². The summed E-state index contributed by atoms with van der Waals surface area (Å²) in [7, 11) is 0. The van der Waals surface area contributed by atoms with Crippen molar-refractivity contribution in [2.24, 2.45) is 0 Å². The van der Waals surface area contributed by atoms with Crippen molar-refractivity contribution in [2.75, 3.05) is 0 Å². The van der Waals surface area contributed by atoms with E-state index in [-0.39, 0.29) is 0 Å². The van der Waals surface area contributed by atoms with Gasteiger partial charge in [0.2, 0.25) is 0 Å². The first-order chi connectivity index (χ1) is 33.2. The first-order valence-electron chi connectivity index (χ1n) is 23.0. The third kappa shape index (κ3) is 5.50. The maximum absolute atomic E-state index is 7.71. The number of fused-ring (bicyclic) bond motifs is 16. The first-order valence-corrected chi connectivity index (χ1v) is 23.0. The van der Waals surface area contributed by atoms with Gasteiger partial charge in [-0.1, -0.05) is 194 Å². The fourth-order valence-corrected chi connectivity index (χ4v) is 11.5. The maximum Gasteiger partial charge on any atom is 0.187 e. The second-order valence-corrected chi connectivity index (χ2v) is 17.8. The van der Waals surface area contributed by atoms with Crippen molar-refractivity contribution in [1.29, 1.82) is 0 Å². The average Bonchev–Trinajstić information content (AvgIpc) is 3.74. The van der Waals surface area contributed by atoms with Crippen LogP contribution in [0.4, 0.5) is 5.69 Å². The number of para-hydroxylation sites is 1. The molecule has 0 unspecified atom stereocenters. The molecule has 0 bridgehead atoms. The Morgan fingerprint density at radius 2 is 0.746 bits per heavy atom. The van der Waals surface area contributed by atoms with E-state index in [0.717, 1.165) is 16.8 Å². The van der Waals surface area contributed by atoms with Gasteiger partial charge in [-0.2, -0.15) is 0 Å². The normalized spacial score (nSPS) is 11.9. The Hall–Kier alpha value is -9.03. The van der Waals surface area contributed by atoms with Gasteiger partial charge in [0.1, 0.15) is 0 Å². The zero-order valence-corrected chi connectivity index (χ0v) is 36.3. The number of hydrogen-bond donors (Lipinski definition) is 0. The summed E-state index contributed by atoms with van der Waals surface area (Å²) in [6.45, 7) is 7.71. The van der Waals surface area contributed by atoms with E-state index in [4.69, 9.17) is 6.57 Å². The van der Waals surface area contributed by atoms with Crippen molar-refractivity contribution in [3.05, 3.63) is 242 Å². The molecule has 1 aromatic heterocycles. The van der Waals surface area contributed by atoms with Gasteiger partial charge in [0, 0.05) is 21.8 Å². The Kier molecular flexibility index (Phi) is 8.08. The van der Waals surface area contributed by atoms with E-state index >= 15 is 0 Å². The van der Waals surface area contributed by atoms with Gasteiger partial charge in [-0.15, -0.1) is 0 Å².